The van der Waals surface area contributed by atoms with Gasteiger partial charge in [-0.1, -0.05) is 12.1 Å². The number of oxime groups is 1. The van der Waals surface area contributed by atoms with Gasteiger partial charge >= 0.3 is 0 Å². The van der Waals surface area contributed by atoms with E-state index in [1.165, 1.54) is 0 Å². The average molecular weight is 267 g/mol. The van der Waals surface area contributed by atoms with Crippen LogP contribution in [0.2, 0.25) is 0 Å². The molecule has 7 heteroatoms. The Morgan fingerprint density at radius 3 is 2.74 bits per heavy atom. The lowest BCUT2D eigenvalue weighted by molar-refractivity contribution is 0.0733. The van der Waals surface area contributed by atoms with Crippen LogP contribution in [0.5, 0.6) is 0 Å². The first-order valence-corrected chi connectivity index (χ1v) is 6.20. The lowest BCUT2D eigenvalue weighted by Crippen LogP contribution is -2.43. The van der Waals surface area contributed by atoms with Crippen molar-refractivity contribution < 1.29 is 10.0 Å². The largest absolute Gasteiger partial charge is 0.409 e. The third kappa shape index (κ3) is 3.46. The molecule has 0 spiro atoms. The Morgan fingerprint density at radius 1 is 1.63 bits per heavy atom. The minimum atomic E-state index is -0.161. The quantitative estimate of drug-likeness (QED) is 0.353. The van der Waals surface area contributed by atoms with Gasteiger partial charge in [0.15, 0.2) is 5.84 Å². The van der Waals surface area contributed by atoms with Crippen molar-refractivity contribution >= 4 is 11.7 Å². The molecule has 1 aromatic rings. The Kier molecular flexibility index (Phi) is 4.91. The van der Waals surface area contributed by atoms with E-state index in [1.54, 1.807) is 22.8 Å². The van der Waals surface area contributed by atoms with Crippen molar-refractivity contribution in [3.8, 4) is 0 Å². The summed E-state index contributed by atoms with van der Waals surface area (Å²) in [6.07, 6.45) is 2.38. The Morgan fingerprint density at radius 2 is 2.26 bits per heavy atom. The van der Waals surface area contributed by atoms with Crippen molar-refractivity contribution in [3.63, 3.8) is 0 Å². The third-order valence-corrected chi connectivity index (χ3v) is 2.82. The molecule has 0 aliphatic heterocycles. The molecular formula is C12H21N5O2. The zero-order valence-corrected chi connectivity index (χ0v) is 11.8. The van der Waals surface area contributed by atoms with Gasteiger partial charge in [-0.3, -0.25) is 9.48 Å². The van der Waals surface area contributed by atoms with Gasteiger partial charge < -0.3 is 15.8 Å². The number of carbonyl (C=O) groups is 1. The first kappa shape index (κ1) is 15.0. The molecule has 0 saturated heterocycles. The summed E-state index contributed by atoms with van der Waals surface area (Å²) >= 11 is 0. The van der Waals surface area contributed by atoms with Gasteiger partial charge in [-0.05, 0) is 20.3 Å². The van der Waals surface area contributed by atoms with Gasteiger partial charge in [0.2, 0.25) is 0 Å². The molecule has 0 aliphatic rings. The monoisotopic (exact) mass is 267 g/mol. The van der Waals surface area contributed by atoms with Gasteiger partial charge in [0, 0.05) is 19.3 Å². The van der Waals surface area contributed by atoms with E-state index in [4.69, 9.17) is 10.9 Å². The molecule has 7 nitrogen and oxygen atoms in total. The van der Waals surface area contributed by atoms with Crippen LogP contribution in [0.4, 0.5) is 0 Å². The normalized spacial score (nSPS) is 11.9. The van der Waals surface area contributed by atoms with Gasteiger partial charge in [0.1, 0.15) is 0 Å². The van der Waals surface area contributed by atoms with E-state index >= 15 is 0 Å². The highest BCUT2D eigenvalue weighted by molar-refractivity contribution is 5.97. The SMILES string of the molecule is CCc1nn(C)cc1C(=O)N(C/C(N)=N/O)C(C)C. The number of aromatic nitrogens is 2. The first-order chi connectivity index (χ1) is 8.90. The van der Waals surface area contributed by atoms with Gasteiger partial charge in [0.25, 0.3) is 5.91 Å². The Hall–Kier alpha value is -2.05. The third-order valence-electron chi connectivity index (χ3n) is 2.82. The predicted octanol–water partition coefficient (Wildman–Crippen LogP) is 0.580. The van der Waals surface area contributed by atoms with Crippen LogP contribution < -0.4 is 5.73 Å². The van der Waals surface area contributed by atoms with Gasteiger partial charge in [-0.25, -0.2) is 0 Å². The summed E-state index contributed by atoms with van der Waals surface area (Å²) in [7, 11) is 1.78. The Labute approximate surface area is 112 Å². The average Bonchev–Trinajstić information content (AvgIpc) is 2.75. The fourth-order valence-electron chi connectivity index (χ4n) is 1.82. The molecule has 1 amide bonds. The smallest absolute Gasteiger partial charge is 0.257 e. The van der Waals surface area contributed by atoms with E-state index in [0.717, 1.165) is 5.69 Å². The van der Waals surface area contributed by atoms with Crippen molar-refractivity contribution in [2.45, 2.75) is 33.2 Å². The molecule has 1 rings (SSSR count). The number of hydrogen-bond acceptors (Lipinski definition) is 4. The number of amidine groups is 1. The second-order valence-electron chi connectivity index (χ2n) is 4.63. The van der Waals surface area contributed by atoms with Crippen LogP contribution in [-0.2, 0) is 13.5 Å². The highest BCUT2D eigenvalue weighted by Gasteiger charge is 2.23. The van der Waals surface area contributed by atoms with E-state index in [0.29, 0.717) is 12.0 Å². The zero-order chi connectivity index (χ0) is 14.6. The van der Waals surface area contributed by atoms with Crippen LogP contribution >= 0.6 is 0 Å². The van der Waals surface area contributed by atoms with Gasteiger partial charge in [0.05, 0.1) is 17.8 Å². The van der Waals surface area contributed by atoms with Crippen molar-refractivity contribution in [1.82, 2.24) is 14.7 Å². The molecule has 0 saturated carbocycles. The van der Waals surface area contributed by atoms with E-state index < -0.39 is 0 Å². The number of nitrogens with two attached hydrogens (primary N) is 1. The second kappa shape index (κ2) is 6.21. The summed E-state index contributed by atoms with van der Waals surface area (Å²) in [4.78, 5) is 14.1. The zero-order valence-electron chi connectivity index (χ0n) is 11.8. The van der Waals surface area contributed by atoms with Crippen molar-refractivity contribution in [2.24, 2.45) is 17.9 Å². The second-order valence-corrected chi connectivity index (χ2v) is 4.63. The van der Waals surface area contributed by atoms with E-state index in [1.807, 2.05) is 20.8 Å². The van der Waals surface area contributed by atoms with Crippen LogP contribution in [0.25, 0.3) is 0 Å². The minimum absolute atomic E-state index is 0.00369. The molecule has 0 aliphatic carbocycles. The highest BCUT2D eigenvalue weighted by atomic mass is 16.4. The maximum atomic E-state index is 12.5. The lowest BCUT2D eigenvalue weighted by Gasteiger charge is -2.25. The Balaban J connectivity index is 3.05. The summed E-state index contributed by atoms with van der Waals surface area (Å²) in [5.41, 5.74) is 6.80. The van der Waals surface area contributed by atoms with Crippen molar-refractivity contribution in [1.29, 1.82) is 0 Å². The predicted molar refractivity (Wildman–Crippen MR) is 72.2 cm³/mol. The van der Waals surface area contributed by atoms with Crippen molar-refractivity contribution in [2.75, 3.05) is 6.54 Å². The number of nitrogens with zero attached hydrogens (tertiary/aromatic N) is 4. The summed E-state index contributed by atoms with van der Waals surface area (Å²) in [6, 6.07) is -0.0577. The molecule has 3 N–H and O–H groups in total. The first-order valence-electron chi connectivity index (χ1n) is 6.20. The summed E-state index contributed by atoms with van der Waals surface area (Å²) < 4.78 is 1.62. The molecule has 0 aromatic carbocycles. The van der Waals surface area contributed by atoms with E-state index in [2.05, 4.69) is 10.3 Å². The molecule has 1 heterocycles. The van der Waals surface area contributed by atoms with Gasteiger partial charge in [-0.15, -0.1) is 0 Å². The van der Waals surface area contributed by atoms with Crippen LogP contribution in [0.15, 0.2) is 11.4 Å². The van der Waals surface area contributed by atoms with Crippen LogP contribution in [0.3, 0.4) is 0 Å². The molecular weight excluding hydrogens is 246 g/mol. The molecule has 0 atom stereocenters. The van der Waals surface area contributed by atoms with E-state index in [9.17, 15) is 4.79 Å². The fourth-order valence-corrected chi connectivity index (χ4v) is 1.82. The number of amides is 1. The van der Waals surface area contributed by atoms with Gasteiger partial charge in [-0.2, -0.15) is 5.10 Å². The minimum Gasteiger partial charge on any atom is -0.409 e. The maximum absolute atomic E-state index is 12.5. The number of carbonyl (C=O) groups excluding carboxylic acids is 1. The molecule has 0 fully saturated rings. The van der Waals surface area contributed by atoms with Crippen molar-refractivity contribution in [3.05, 3.63) is 17.5 Å². The number of hydrogen-bond donors (Lipinski definition) is 2. The number of aryl methyl sites for hydroxylation is 2. The molecule has 0 unspecified atom stereocenters. The highest BCUT2D eigenvalue weighted by Crippen LogP contribution is 2.13. The summed E-state index contributed by atoms with van der Waals surface area (Å²) in [5.74, 6) is -0.157. The molecule has 0 radical (unpaired) electrons. The topological polar surface area (TPSA) is 96.7 Å². The van der Waals surface area contributed by atoms with Crippen LogP contribution in [0, 0.1) is 0 Å². The molecule has 1 aromatic heterocycles. The number of rotatable bonds is 5. The van der Waals surface area contributed by atoms with E-state index in [-0.39, 0.29) is 24.3 Å². The standard InChI is InChI=1S/C12H21N5O2/c1-5-10-9(6-16(4)14-10)12(18)17(8(2)3)7-11(13)15-19/h6,8,19H,5,7H2,1-4H3,(H2,13,15). The molecule has 106 valence electrons. The van der Waals surface area contributed by atoms with Crippen LogP contribution in [-0.4, -0.2) is 44.2 Å². The maximum Gasteiger partial charge on any atom is 0.257 e. The van der Waals surface area contributed by atoms with Crippen LogP contribution in [0.1, 0.15) is 36.8 Å². The molecule has 0 bridgehead atoms. The summed E-state index contributed by atoms with van der Waals surface area (Å²) in [6.45, 7) is 5.79. The fraction of sp³-hybridized carbons (Fsp3) is 0.583. The summed E-state index contributed by atoms with van der Waals surface area (Å²) in [5, 5.41) is 15.8. The lowest BCUT2D eigenvalue weighted by atomic mass is 10.1. The Bertz CT molecular complexity index is 478. The molecule has 19 heavy (non-hydrogen) atoms.